The normalized spacial score (nSPS) is 35.3. The topological polar surface area (TPSA) is 258 Å². The van der Waals surface area contributed by atoms with Crippen molar-refractivity contribution in [3.05, 3.63) is 47.2 Å². The number of phenolic OH excluding ortho intramolecular Hbond substituents is 3. The summed E-state index contributed by atoms with van der Waals surface area (Å²) in [6.07, 6.45) is -16.7. The Morgan fingerprint density at radius 1 is 0.750 bits per heavy atom. The summed E-state index contributed by atoms with van der Waals surface area (Å²) in [4.78, 5) is 0. The first-order chi connectivity index (χ1) is 21.0. The van der Waals surface area contributed by atoms with Gasteiger partial charge in [-0.3, -0.25) is 0 Å². The molecule has 2 aromatic carbocycles. The zero-order valence-corrected chi connectivity index (χ0v) is 23.2. The van der Waals surface area contributed by atoms with Crippen LogP contribution in [-0.2, 0) is 18.9 Å². The summed E-state index contributed by atoms with van der Waals surface area (Å²) in [6, 6.07) is 6.55. The maximum atomic E-state index is 11.0. The van der Waals surface area contributed by atoms with Crippen LogP contribution >= 0.6 is 0 Å². The number of benzene rings is 2. The van der Waals surface area contributed by atoms with Crippen LogP contribution in [0.15, 0.2) is 36.1 Å². The molecule has 0 saturated carbocycles. The SMILES string of the molecule is COc1cc(C2Oc3cc(O)cc(O)c3C=C2OC2OC(CO)C(O)C(O)C2OC2OC(CO)C(O)C(O)C2O)ccc1O. The molecule has 2 saturated heterocycles. The Kier molecular flexibility index (Phi) is 9.38. The Balaban J connectivity index is 1.53. The number of aliphatic hydroxyl groups is 7. The number of hydrogen-bond donors (Lipinski definition) is 10. The average molecular weight is 627 g/mol. The van der Waals surface area contributed by atoms with Crippen LogP contribution in [0, 0.1) is 0 Å². The third kappa shape index (κ3) is 5.96. The molecule has 2 aromatic rings. The number of phenols is 3. The van der Waals surface area contributed by atoms with Crippen LogP contribution in [-0.4, -0.2) is 133 Å². The molecule has 0 spiro atoms. The summed E-state index contributed by atoms with van der Waals surface area (Å²) in [5.74, 6) is -0.821. The van der Waals surface area contributed by atoms with Crippen molar-refractivity contribution in [3.63, 3.8) is 0 Å². The van der Waals surface area contributed by atoms with Gasteiger partial charge in [-0.05, 0) is 18.2 Å². The minimum Gasteiger partial charge on any atom is -0.508 e. The van der Waals surface area contributed by atoms with Gasteiger partial charge in [0.05, 0.1) is 25.9 Å². The quantitative estimate of drug-likeness (QED) is 0.151. The molecular weight excluding hydrogens is 592 g/mol. The van der Waals surface area contributed by atoms with Gasteiger partial charge in [0.2, 0.25) is 6.29 Å². The van der Waals surface area contributed by atoms with Crippen molar-refractivity contribution in [3.8, 4) is 28.7 Å². The second-order valence-corrected chi connectivity index (χ2v) is 10.5. The number of ether oxygens (including phenoxy) is 6. The molecule has 3 heterocycles. The van der Waals surface area contributed by atoms with E-state index < -0.39 is 80.7 Å². The molecule has 242 valence electrons. The van der Waals surface area contributed by atoms with Gasteiger partial charge in [-0.2, -0.15) is 0 Å². The van der Waals surface area contributed by atoms with Crippen molar-refractivity contribution in [2.24, 2.45) is 0 Å². The van der Waals surface area contributed by atoms with Gasteiger partial charge in [0, 0.05) is 17.7 Å². The largest absolute Gasteiger partial charge is 0.508 e. The van der Waals surface area contributed by atoms with Gasteiger partial charge in [0.25, 0.3) is 0 Å². The molecule has 5 rings (SSSR count). The molecule has 11 atom stereocenters. The first kappa shape index (κ1) is 32.0. The van der Waals surface area contributed by atoms with E-state index in [4.69, 9.17) is 28.4 Å². The van der Waals surface area contributed by atoms with E-state index in [2.05, 4.69) is 0 Å². The van der Waals surface area contributed by atoms with E-state index in [1.165, 1.54) is 37.5 Å². The molecule has 0 amide bonds. The Morgan fingerprint density at radius 2 is 1.41 bits per heavy atom. The molecule has 0 bridgehead atoms. The van der Waals surface area contributed by atoms with Crippen molar-refractivity contribution in [1.29, 1.82) is 0 Å². The lowest BCUT2D eigenvalue weighted by Gasteiger charge is -2.46. The van der Waals surface area contributed by atoms with Crippen molar-refractivity contribution in [1.82, 2.24) is 0 Å². The Morgan fingerprint density at radius 3 is 2.07 bits per heavy atom. The lowest BCUT2D eigenvalue weighted by atomic mass is 9.97. The fourth-order valence-corrected chi connectivity index (χ4v) is 5.19. The molecule has 10 N–H and O–H groups in total. The van der Waals surface area contributed by atoms with Gasteiger partial charge in [0.15, 0.2) is 30.0 Å². The summed E-state index contributed by atoms with van der Waals surface area (Å²) in [7, 11) is 1.33. The van der Waals surface area contributed by atoms with Crippen LogP contribution in [0.5, 0.6) is 28.7 Å². The molecule has 3 aliphatic heterocycles. The minimum absolute atomic E-state index is 0.0502. The third-order valence-corrected chi connectivity index (χ3v) is 7.62. The Labute approximate surface area is 249 Å². The third-order valence-electron chi connectivity index (χ3n) is 7.62. The van der Waals surface area contributed by atoms with Gasteiger partial charge >= 0.3 is 0 Å². The van der Waals surface area contributed by atoms with Gasteiger partial charge in [0.1, 0.15) is 65.7 Å². The van der Waals surface area contributed by atoms with E-state index in [1.54, 1.807) is 0 Å². The first-order valence-electron chi connectivity index (χ1n) is 13.5. The van der Waals surface area contributed by atoms with Crippen molar-refractivity contribution in [2.75, 3.05) is 20.3 Å². The van der Waals surface area contributed by atoms with E-state index in [0.29, 0.717) is 5.56 Å². The lowest BCUT2D eigenvalue weighted by Crippen LogP contribution is -2.64. The molecule has 44 heavy (non-hydrogen) atoms. The van der Waals surface area contributed by atoms with E-state index in [1.807, 2.05) is 0 Å². The average Bonchev–Trinajstić information content (AvgIpc) is 3.00. The lowest BCUT2D eigenvalue weighted by molar-refractivity contribution is -0.364. The monoisotopic (exact) mass is 626 g/mol. The van der Waals surface area contributed by atoms with Gasteiger partial charge in [-0.1, -0.05) is 6.07 Å². The van der Waals surface area contributed by atoms with Gasteiger partial charge in [-0.15, -0.1) is 0 Å². The fraction of sp³-hybridized carbons (Fsp3) is 0.500. The number of aromatic hydroxyl groups is 3. The molecule has 0 aliphatic carbocycles. The van der Waals surface area contributed by atoms with E-state index in [-0.39, 0.29) is 40.1 Å². The van der Waals surface area contributed by atoms with E-state index >= 15 is 0 Å². The predicted octanol–water partition coefficient (Wildman–Crippen LogP) is -2.07. The summed E-state index contributed by atoms with van der Waals surface area (Å²) in [5, 5.41) is 102. The first-order valence-corrected chi connectivity index (χ1v) is 13.5. The molecule has 2 fully saturated rings. The molecule has 16 nitrogen and oxygen atoms in total. The molecule has 0 radical (unpaired) electrons. The molecule has 3 aliphatic rings. The summed E-state index contributed by atoms with van der Waals surface area (Å²) >= 11 is 0. The number of methoxy groups -OCH3 is 1. The molecule has 0 aromatic heterocycles. The zero-order valence-electron chi connectivity index (χ0n) is 23.2. The highest BCUT2D eigenvalue weighted by Gasteiger charge is 2.52. The van der Waals surface area contributed by atoms with E-state index in [0.717, 1.165) is 6.07 Å². The predicted molar refractivity (Wildman–Crippen MR) is 143 cm³/mol. The second-order valence-electron chi connectivity index (χ2n) is 10.5. The van der Waals surface area contributed by atoms with Crippen LogP contribution in [0.1, 0.15) is 17.2 Å². The van der Waals surface area contributed by atoms with Crippen LogP contribution in [0.25, 0.3) is 6.08 Å². The summed E-state index contributed by atoms with van der Waals surface area (Å²) < 4.78 is 34.2. The standard InChI is InChI=1S/C28H34O16/c1-39-16-4-10(2-3-13(16)32)25-17(7-12-14(33)5-11(31)6-15(12)40-25)41-28-26(23(37)21(35)19(9-30)43-28)44-27-24(38)22(36)20(34)18(8-29)42-27/h2-7,18-38H,8-9H2,1H3. The number of fused-ring (bicyclic) bond motifs is 1. The fourth-order valence-electron chi connectivity index (χ4n) is 5.19. The highest BCUT2D eigenvalue weighted by atomic mass is 16.8. The summed E-state index contributed by atoms with van der Waals surface area (Å²) in [6.45, 7) is -1.52. The maximum Gasteiger partial charge on any atom is 0.229 e. The van der Waals surface area contributed by atoms with Crippen molar-refractivity contribution in [2.45, 2.75) is 67.5 Å². The number of hydrogen-bond acceptors (Lipinski definition) is 16. The Hall–Kier alpha value is -3.42. The number of rotatable bonds is 8. The molecule has 16 heteroatoms. The smallest absolute Gasteiger partial charge is 0.229 e. The number of aliphatic hydroxyl groups excluding tert-OH is 7. The highest BCUT2D eigenvalue weighted by molar-refractivity contribution is 5.69. The van der Waals surface area contributed by atoms with Gasteiger partial charge in [-0.25, -0.2) is 0 Å². The second kappa shape index (κ2) is 12.9. The van der Waals surface area contributed by atoms with Crippen LogP contribution in [0.4, 0.5) is 0 Å². The van der Waals surface area contributed by atoms with Gasteiger partial charge < -0.3 is 79.5 Å². The molecular formula is C28H34O16. The Bertz CT molecular complexity index is 1350. The van der Waals surface area contributed by atoms with Crippen molar-refractivity contribution < 1.29 is 79.5 Å². The van der Waals surface area contributed by atoms with Crippen LogP contribution in [0.3, 0.4) is 0 Å². The molecule has 11 unspecified atom stereocenters. The van der Waals surface area contributed by atoms with Crippen molar-refractivity contribution >= 4 is 6.08 Å². The maximum absolute atomic E-state index is 11.0. The van der Waals surface area contributed by atoms with E-state index in [9.17, 15) is 51.1 Å². The van der Waals surface area contributed by atoms with Crippen LogP contribution in [0.2, 0.25) is 0 Å². The highest BCUT2D eigenvalue weighted by Crippen LogP contribution is 2.45. The summed E-state index contributed by atoms with van der Waals surface area (Å²) in [5.41, 5.74) is 0.433. The van der Waals surface area contributed by atoms with Crippen LogP contribution < -0.4 is 9.47 Å². The zero-order chi connectivity index (χ0) is 31.9. The minimum atomic E-state index is -1.88.